The van der Waals surface area contributed by atoms with Crippen molar-refractivity contribution in [3.05, 3.63) is 34.1 Å². The molecule has 0 aromatic heterocycles. The Labute approximate surface area is 111 Å². The Morgan fingerprint density at radius 1 is 1.58 bits per heavy atom. The van der Waals surface area contributed by atoms with E-state index < -0.39 is 16.4 Å². The van der Waals surface area contributed by atoms with E-state index in [0.29, 0.717) is 25.4 Å². The molecule has 0 radical (unpaired) electrons. The van der Waals surface area contributed by atoms with Gasteiger partial charge in [-0.05, 0) is 31.9 Å². The lowest BCUT2D eigenvalue weighted by Crippen LogP contribution is -2.40. The lowest BCUT2D eigenvalue weighted by atomic mass is 10.1. The number of hydrogen-bond donors (Lipinski definition) is 0. The molecule has 0 bridgehead atoms. The van der Waals surface area contributed by atoms with Crippen molar-refractivity contribution in [2.75, 3.05) is 24.6 Å². The van der Waals surface area contributed by atoms with Crippen molar-refractivity contribution in [3.8, 4) is 0 Å². The van der Waals surface area contributed by atoms with Gasteiger partial charge in [0, 0.05) is 19.7 Å². The van der Waals surface area contributed by atoms with E-state index in [9.17, 15) is 14.5 Å². The molecule has 1 aliphatic heterocycles. The van der Waals surface area contributed by atoms with Crippen LogP contribution in [0.15, 0.2) is 18.2 Å². The van der Waals surface area contributed by atoms with Gasteiger partial charge in [0.1, 0.15) is 5.69 Å². The van der Waals surface area contributed by atoms with Crippen LogP contribution in [0.4, 0.5) is 15.8 Å². The van der Waals surface area contributed by atoms with Crippen molar-refractivity contribution in [2.24, 2.45) is 0 Å². The van der Waals surface area contributed by atoms with Crippen molar-refractivity contribution >= 4 is 11.4 Å². The number of ether oxygens (including phenoxy) is 1. The van der Waals surface area contributed by atoms with Gasteiger partial charge >= 0.3 is 5.69 Å². The molecule has 0 spiro atoms. The summed E-state index contributed by atoms with van der Waals surface area (Å²) in [7, 11) is 0. The topological polar surface area (TPSA) is 55.6 Å². The molecule has 1 aromatic carbocycles. The van der Waals surface area contributed by atoms with Crippen LogP contribution in [0.1, 0.15) is 19.8 Å². The number of para-hydroxylation sites is 1. The molecule has 1 aromatic rings. The van der Waals surface area contributed by atoms with Gasteiger partial charge in [0.25, 0.3) is 0 Å². The minimum Gasteiger partial charge on any atom is -0.377 e. The molecule has 0 N–H and O–H groups in total. The highest BCUT2D eigenvalue weighted by atomic mass is 19.1. The van der Waals surface area contributed by atoms with E-state index in [1.54, 1.807) is 6.07 Å². The number of nitro groups is 1. The van der Waals surface area contributed by atoms with Crippen LogP contribution in [-0.2, 0) is 4.74 Å². The van der Waals surface area contributed by atoms with Gasteiger partial charge in [-0.2, -0.15) is 4.39 Å². The first kappa shape index (κ1) is 13.7. The molecule has 2 rings (SSSR count). The van der Waals surface area contributed by atoms with Crippen molar-refractivity contribution < 1.29 is 14.1 Å². The normalized spacial score (nSPS) is 19.5. The van der Waals surface area contributed by atoms with Crippen molar-refractivity contribution in [1.29, 1.82) is 0 Å². The lowest BCUT2D eigenvalue weighted by molar-refractivity contribution is -0.386. The van der Waals surface area contributed by atoms with Crippen LogP contribution in [-0.4, -0.2) is 30.7 Å². The summed E-state index contributed by atoms with van der Waals surface area (Å²) in [5.74, 6) is -0.791. The molecule has 0 amide bonds. The Bertz CT molecular complexity index is 465. The number of nitro benzene ring substituents is 1. The number of piperidine rings is 1. The molecular formula is C13H17FN2O3. The zero-order valence-corrected chi connectivity index (χ0v) is 10.8. The molecule has 0 aliphatic carbocycles. The lowest BCUT2D eigenvalue weighted by Gasteiger charge is -2.33. The summed E-state index contributed by atoms with van der Waals surface area (Å²) in [5.41, 5.74) is -0.103. The van der Waals surface area contributed by atoms with Crippen LogP contribution in [0.3, 0.4) is 0 Å². The van der Waals surface area contributed by atoms with Crippen molar-refractivity contribution in [2.45, 2.75) is 25.9 Å². The zero-order chi connectivity index (χ0) is 13.8. The predicted octanol–water partition coefficient (Wildman–Crippen LogP) is 2.74. The third-order valence-electron chi connectivity index (χ3n) is 3.27. The zero-order valence-electron chi connectivity index (χ0n) is 10.8. The number of hydrogen-bond acceptors (Lipinski definition) is 4. The number of anilines is 1. The average Bonchev–Trinajstić information content (AvgIpc) is 2.38. The van der Waals surface area contributed by atoms with Crippen LogP contribution < -0.4 is 4.90 Å². The van der Waals surface area contributed by atoms with E-state index in [1.807, 2.05) is 11.8 Å². The summed E-state index contributed by atoms with van der Waals surface area (Å²) in [6.45, 7) is 3.79. The summed E-state index contributed by atoms with van der Waals surface area (Å²) < 4.78 is 19.2. The summed E-state index contributed by atoms with van der Waals surface area (Å²) in [5, 5.41) is 11.0. The fourth-order valence-corrected chi connectivity index (χ4v) is 2.47. The highest BCUT2D eigenvalue weighted by Gasteiger charge is 2.28. The summed E-state index contributed by atoms with van der Waals surface area (Å²) in [6.07, 6.45) is 1.88. The van der Waals surface area contributed by atoms with Gasteiger partial charge in [0.15, 0.2) is 0 Å². The van der Waals surface area contributed by atoms with Crippen LogP contribution >= 0.6 is 0 Å². The second-order valence-corrected chi connectivity index (χ2v) is 4.53. The fourth-order valence-electron chi connectivity index (χ4n) is 2.47. The van der Waals surface area contributed by atoms with E-state index in [1.165, 1.54) is 6.07 Å². The molecule has 1 aliphatic rings. The largest absolute Gasteiger partial charge is 0.377 e. The molecule has 19 heavy (non-hydrogen) atoms. The van der Waals surface area contributed by atoms with Gasteiger partial charge in [-0.1, -0.05) is 6.07 Å². The Hall–Kier alpha value is -1.69. The van der Waals surface area contributed by atoms with Crippen molar-refractivity contribution in [1.82, 2.24) is 0 Å². The minimum atomic E-state index is -0.791. The summed E-state index contributed by atoms with van der Waals surface area (Å²) in [4.78, 5) is 12.2. The van der Waals surface area contributed by atoms with Crippen LogP contribution in [0.25, 0.3) is 0 Å². The van der Waals surface area contributed by atoms with Gasteiger partial charge in [-0.15, -0.1) is 0 Å². The SMILES string of the molecule is CCOC1CCCN(c2cccc(F)c2[N+](=O)[O-])C1. The van der Waals surface area contributed by atoms with Gasteiger partial charge in [0.05, 0.1) is 11.0 Å². The molecule has 1 saturated heterocycles. The Morgan fingerprint density at radius 3 is 3.05 bits per heavy atom. The number of benzene rings is 1. The van der Waals surface area contributed by atoms with E-state index in [0.717, 1.165) is 18.9 Å². The van der Waals surface area contributed by atoms with Crippen molar-refractivity contribution in [3.63, 3.8) is 0 Å². The van der Waals surface area contributed by atoms with Gasteiger partial charge in [0.2, 0.25) is 5.82 Å². The van der Waals surface area contributed by atoms with Gasteiger partial charge < -0.3 is 9.64 Å². The van der Waals surface area contributed by atoms with Crippen LogP contribution in [0.2, 0.25) is 0 Å². The quantitative estimate of drug-likeness (QED) is 0.622. The highest BCUT2D eigenvalue weighted by Crippen LogP contribution is 2.32. The summed E-state index contributed by atoms with van der Waals surface area (Å²) >= 11 is 0. The number of rotatable bonds is 4. The van der Waals surface area contributed by atoms with Crippen LogP contribution in [0.5, 0.6) is 0 Å². The maximum atomic E-state index is 13.6. The standard InChI is InChI=1S/C13H17FN2O3/c1-2-19-10-5-4-8-15(9-10)12-7-3-6-11(14)13(12)16(17)18/h3,6-7,10H,2,4-5,8-9H2,1H3. The molecule has 104 valence electrons. The Kier molecular flexibility index (Phi) is 4.31. The molecule has 1 fully saturated rings. The maximum absolute atomic E-state index is 13.6. The predicted molar refractivity (Wildman–Crippen MR) is 69.9 cm³/mol. The molecule has 6 heteroatoms. The third-order valence-corrected chi connectivity index (χ3v) is 3.27. The number of halogens is 1. The minimum absolute atomic E-state index is 0.0571. The summed E-state index contributed by atoms with van der Waals surface area (Å²) in [6, 6.07) is 4.21. The maximum Gasteiger partial charge on any atom is 0.327 e. The number of nitrogens with zero attached hydrogens (tertiary/aromatic N) is 2. The molecule has 1 atom stereocenters. The first-order valence-corrected chi connectivity index (χ1v) is 6.43. The molecule has 0 saturated carbocycles. The van der Waals surface area contributed by atoms with E-state index in [-0.39, 0.29) is 6.10 Å². The molecule has 1 heterocycles. The second kappa shape index (κ2) is 5.97. The van der Waals surface area contributed by atoms with E-state index in [2.05, 4.69) is 0 Å². The smallest absolute Gasteiger partial charge is 0.327 e. The van der Waals surface area contributed by atoms with Crippen LogP contribution in [0, 0.1) is 15.9 Å². The Morgan fingerprint density at radius 2 is 2.37 bits per heavy atom. The van der Waals surface area contributed by atoms with E-state index in [4.69, 9.17) is 4.74 Å². The third kappa shape index (κ3) is 3.01. The molecule has 1 unspecified atom stereocenters. The monoisotopic (exact) mass is 268 g/mol. The highest BCUT2D eigenvalue weighted by molar-refractivity contribution is 5.64. The second-order valence-electron chi connectivity index (χ2n) is 4.53. The first-order valence-electron chi connectivity index (χ1n) is 6.43. The van der Waals surface area contributed by atoms with Gasteiger partial charge in [-0.3, -0.25) is 10.1 Å². The molecule has 5 nitrogen and oxygen atoms in total. The Balaban J connectivity index is 2.26. The fraction of sp³-hybridized carbons (Fsp3) is 0.538. The first-order chi connectivity index (χ1) is 9.13. The average molecular weight is 268 g/mol. The molecular weight excluding hydrogens is 251 g/mol. The van der Waals surface area contributed by atoms with E-state index >= 15 is 0 Å². The van der Waals surface area contributed by atoms with Gasteiger partial charge in [-0.25, -0.2) is 0 Å².